The van der Waals surface area contributed by atoms with E-state index in [1.54, 1.807) is 23.0 Å². The standard InChI is InChI=1S/C32H35N5O2S/c1-21-25(10-8-11-26(21)35-31(38)29-18-22-9-4-5-12-28(22)40-29)23-17-27(32(39)36(2)20-23)34-30-14-13-24(19-33-30)37-15-6-3-7-16-37/h8,10-11,13-14,17-20H,3-7,9,12,15-16H2,1-2H3,(H,33,34)(H,35,38). The Morgan fingerprint density at radius 3 is 2.58 bits per heavy atom. The first-order valence-electron chi connectivity index (χ1n) is 14.2. The number of pyridine rings is 2. The quantitative estimate of drug-likeness (QED) is 0.278. The van der Waals surface area contributed by atoms with Crippen molar-refractivity contribution in [1.29, 1.82) is 0 Å². The molecule has 206 valence electrons. The van der Waals surface area contributed by atoms with Crippen LogP contribution in [0.3, 0.4) is 0 Å². The van der Waals surface area contributed by atoms with E-state index in [-0.39, 0.29) is 11.5 Å². The molecule has 0 spiro atoms. The Morgan fingerprint density at radius 2 is 1.80 bits per heavy atom. The number of fused-ring (bicyclic) bond motifs is 1. The summed E-state index contributed by atoms with van der Waals surface area (Å²) in [6.07, 6.45) is 12.0. The Morgan fingerprint density at radius 1 is 0.975 bits per heavy atom. The fourth-order valence-corrected chi connectivity index (χ4v) is 6.90. The molecule has 2 aliphatic rings. The van der Waals surface area contributed by atoms with Gasteiger partial charge in [0.15, 0.2) is 0 Å². The van der Waals surface area contributed by atoms with Gasteiger partial charge in [-0.05, 0) is 98.9 Å². The van der Waals surface area contributed by atoms with Gasteiger partial charge in [0, 0.05) is 42.5 Å². The lowest BCUT2D eigenvalue weighted by atomic mass is 9.99. The first kappa shape index (κ1) is 26.3. The molecule has 0 unspecified atom stereocenters. The SMILES string of the molecule is Cc1c(NC(=O)c2cc3c(s2)CCCC3)cccc1-c1cc(Nc2ccc(N3CCCCC3)cn2)c(=O)n(C)c1. The van der Waals surface area contributed by atoms with Crippen molar-refractivity contribution in [2.24, 2.45) is 7.05 Å². The van der Waals surface area contributed by atoms with Crippen molar-refractivity contribution in [2.75, 3.05) is 28.6 Å². The summed E-state index contributed by atoms with van der Waals surface area (Å²) in [5, 5.41) is 6.37. The van der Waals surface area contributed by atoms with Gasteiger partial charge in [0.25, 0.3) is 11.5 Å². The van der Waals surface area contributed by atoms with Crippen LogP contribution in [0.2, 0.25) is 0 Å². The number of nitrogens with zero attached hydrogens (tertiary/aromatic N) is 3. The first-order chi connectivity index (χ1) is 19.5. The molecule has 1 amide bonds. The van der Waals surface area contributed by atoms with E-state index in [1.165, 1.54) is 42.5 Å². The molecule has 0 bridgehead atoms. The largest absolute Gasteiger partial charge is 0.370 e. The summed E-state index contributed by atoms with van der Waals surface area (Å²) in [5.74, 6) is 0.563. The molecule has 0 radical (unpaired) electrons. The molecular weight excluding hydrogens is 518 g/mol. The third kappa shape index (κ3) is 5.41. The molecule has 4 aromatic rings. The molecule has 8 heteroatoms. The van der Waals surface area contributed by atoms with Gasteiger partial charge in [0.1, 0.15) is 11.5 Å². The smallest absolute Gasteiger partial charge is 0.274 e. The summed E-state index contributed by atoms with van der Waals surface area (Å²) in [6, 6.07) is 13.8. The van der Waals surface area contributed by atoms with Crippen LogP contribution in [0.4, 0.5) is 22.9 Å². The number of piperidine rings is 1. The van der Waals surface area contributed by atoms with E-state index in [0.717, 1.165) is 58.9 Å². The Bertz CT molecular complexity index is 1580. The Balaban J connectivity index is 1.23. The number of aromatic nitrogens is 2. The number of benzene rings is 1. The summed E-state index contributed by atoms with van der Waals surface area (Å²) in [5.41, 5.74) is 6.32. The van der Waals surface area contributed by atoms with Crippen molar-refractivity contribution in [3.63, 3.8) is 0 Å². The summed E-state index contributed by atoms with van der Waals surface area (Å²) in [6.45, 7) is 4.13. The third-order valence-electron chi connectivity index (χ3n) is 8.03. The minimum Gasteiger partial charge on any atom is -0.370 e. The Hall–Kier alpha value is -3.91. The lowest BCUT2D eigenvalue weighted by Crippen LogP contribution is -2.29. The third-order valence-corrected chi connectivity index (χ3v) is 9.26. The highest BCUT2D eigenvalue weighted by atomic mass is 32.1. The van der Waals surface area contributed by atoms with Crippen LogP contribution >= 0.6 is 11.3 Å². The van der Waals surface area contributed by atoms with Gasteiger partial charge in [-0.2, -0.15) is 0 Å². The molecular formula is C32H35N5O2S. The van der Waals surface area contributed by atoms with Crippen molar-refractivity contribution >= 4 is 40.1 Å². The topological polar surface area (TPSA) is 79.3 Å². The van der Waals surface area contributed by atoms with Crippen molar-refractivity contribution in [3.8, 4) is 11.1 Å². The van der Waals surface area contributed by atoms with E-state index < -0.39 is 0 Å². The average molecular weight is 554 g/mol. The zero-order valence-electron chi connectivity index (χ0n) is 23.1. The molecule has 1 aliphatic heterocycles. The van der Waals surface area contributed by atoms with Gasteiger partial charge in [-0.1, -0.05) is 12.1 Å². The lowest BCUT2D eigenvalue weighted by molar-refractivity contribution is 0.103. The molecule has 0 saturated carbocycles. The summed E-state index contributed by atoms with van der Waals surface area (Å²) < 4.78 is 1.58. The maximum absolute atomic E-state index is 13.1. The van der Waals surface area contributed by atoms with Gasteiger partial charge >= 0.3 is 0 Å². The summed E-state index contributed by atoms with van der Waals surface area (Å²) in [4.78, 5) is 35.2. The molecule has 1 saturated heterocycles. The second-order valence-corrected chi connectivity index (χ2v) is 12.0. The minimum absolute atomic E-state index is 0.0680. The maximum atomic E-state index is 13.1. The number of rotatable bonds is 6. The van der Waals surface area contributed by atoms with E-state index in [1.807, 2.05) is 49.6 Å². The minimum atomic E-state index is -0.130. The number of amides is 1. The summed E-state index contributed by atoms with van der Waals surface area (Å²) >= 11 is 1.62. The number of carbonyl (C=O) groups excluding carboxylic acids is 1. The van der Waals surface area contributed by atoms with Crippen molar-refractivity contribution < 1.29 is 4.79 Å². The van der Waals surface area contributed by atoms with Crippen LogP contribution in [-0.4, -0.2) is 28.5 Å². The highest BCUT2D eigenvalue weighted by Crippen LogP contribution is 2.33. The van der Waals surface area contributed by atoms with Gasteiger partial charge in [-0.3, -0.25) is 9.59 Å². The average Bonchev–Trinajstić information content (AvgIpc) is 3.42. The van der Waals surface area contributed by atoms with Crippen LogP contribution in [0.25, 0.3) is 11.1 Å². The van der Waals surface area contributed by atoms with E-state index in [2.05, 4.69) is 32.7 Å². The van der Waals surface area contributed by atoms with Crippen LogP contribution in [0.5, 0.6) is 0 Å². The molecule has 1 fully saturated rings. The molecule has 7 nitrogen and oxygen atoms in total. The van der Waals surface area contributed by atoms with E-state index in [9.17, 15) is 9.59 Å². The molecule has 1 aromatic carbocycles. The molecule has 2 N–H and O–H groups in total. The van der Waals surface area contributed by atoms with Gasteiger partial charge in [-0.25, -0.2) is 4.98 Å². The molecule has 6 rings (SSSR count). The Kier molecular flexibility index (Phi) is 7.43. The molecule has 4 heterocycles. The van der Waals surface area contributed by atoms with Crippen LogP contribution in [0, 0.1) is 6.92 Å². The van der Waals surface area contributed by atoms with Crippen molar-refractivity contribution in [3.05, 3.63) is 86.1 Å². The first-order valence-corrected chi connectivity index (χ1v) is 15.0. The number of nitrogens with one attached hydrogen (secondary N) is 2. The zero-order valence-corrected chi connectivity index (χ0v) is 23.9. The predicted molar refractivity (Wildman–Crippen MR) is 164 cm³/mol. The highest BCUT2D eigenvalue weighted by Gasteiger charge is 2.19. The maximum Gasteiger partial charge on any atom is 0.274 e. The van der Waals surface area contributed by atoms with E-state index in [4.69, 9.17) is 0 Å². The van der Waals surface area contributed by atoms with Gasteiger partial charge in [-0.15, -0.1) is 11.3 Å². The summed E-state index contributed by atoms with van der Waals surface area (Å²) in [7, 11) is 1.75. The number of hydrogen-bond acceptors (Lipinski definition) is 6. The normalized spacial score (nSPS) is 15.0. The monoisotopic (exact) mass is 553 g/mol. The van der Waals surface area contributed by atoms with Crippen LogP contribution < -0.4 is 21.1 Å². The lowest BCUT2D eigenvalue weighted by Gasteiger charge is -2.28. The fraction of sp³-hybridized carbons (Fsp3) is 0.344. The molecule has 40 heavy (non-hydrogen) atoms. The predicted octanol–water partition coefficient (Wildman–Crippen LogP) is 6.68. The number of anilines is 4. The number of aryl methyl sites for hydroxylation is 3. The second-order valence-electron chi connectivity index (χ2n) is 10.8. The van der Waals surface area contributed by atoms with Crippen LogP contribution in [0.1, 0.15) is 57.8 Å². The van der Waals surface area contributed by atoms with E-state index >= 15 is 0 Å². The number of hydrogen-bond donors (Lipinski definition) is 2. The fourth-order valence-electron chi connectivity index (χ4n) is 5.76. The molecule has 0 atom stereocenters. The van der Waals surface area contributed by atoms with E-state index in [0.29, 0.717) is 11.5 Å². The van der Waals surface area contributed by atoms with Gasteiger partial charge < -0.3 is 20.1 Å². The highest BCUT2D eigenvalue weighted by molar-refractivity contribution is 7.14. The van der Waals surface area contributed by atoms with Crippen LogP contribution in [0.15, 0.2) is 59.7 Å². The zero-order chi connectivity index (χ0) is 27.6. The van der Waals surface area contributed by atoms with Crippen molar-refractivity contribution in [2.45, 2.75) is 51.9 Å². The molecule has 3 aromatic heterocycles. The van der Waals surface area contributed by atoms with Crippen LogP contribution in [-0.2, 0) is 19.9 Å². The number of carbonyl (C=O) groups is 1. The second kappa shape index (κ2) is 11.3. The van der Waals surface area contributed by atoms with Gasteiger partial charge in [0.05, 0.1) is 16.8 Å². The van der Waals surface area contributed by atoms with Gasteiger partial charge in [0.2, 0.25) is 0 Å². The molecule has 1 aliphatic carbocycles. The number of thiophene rings is 1. The van der Waals surface area contributed by atoms with Crippen molar-refractivity contribution in [1.82, 2.24) is 9.55 Å². The Labute approximate surface area is 238 Å².